The van der Waals surface area contributed by atoms with E-state index in [1.807, 2.05) is 6.08 Å². The summed E-state index contributed by atoms with van der Waals surface area (Å²) in [5.74, 6) is 0.739. The van der Waals surface area contributed by atoms with Crippen molar-refractivity contribution in [2.75, 3.05) is 0 Å². The maximum absolute atomic E-state index is 5.98. The molecule has 0 saturated carbocycles. The summed E-state index contributed by atoms with van der Waals surface area (Å²) in [6, 6.07) is 0. The van der Waals surface area contributed by atoms with E-state index >= 15 is 0 Å². The van der Waals surface area contributed by atoms with E-state index in [0.717, 1.165) is 0 Å². The average Bonchev–Trinajstić information content (AvgIpc) is 2.21. The first-order chi connectivity index (χ1) is 6.71. The molecule has 0 aliphatic carbocycles. The molecule has 0 spiro atoms. The fourth-order valence-electron chi connectivity index (χ4n) is 1.74. The van der Waals surface area contributed by atoms with Crippen LogP contribution in [0.15, 0.2) is 12.7 Å². The molecule has 0 bridgehead atoms. The van der Waals surface area contributed by atoms with Crippen molar-refractivity contribution in [2.24, 2.45) is 5.92 Å². The first kappa shape index (κ1) is 12.8. The van der Waals surface area contributed by atoms with Gasteiger partial charge in [0.2, 0.25) is 0 Å². The maximum atomic E-state index is 5.98. The molecule has 0 aromatic rings. The molecule has 2 nitrogen and oxygen atoms in total. The lowest BCUT2D eigenvalue weighted by atomic mass is 9.66. The standard InChI is InChI=1S/C12H23BO2/c1-8-10(9(2)3)13-14-11(4,5)12(6,7)15-13/h8-10H,1H2,2-7H3/t10-/m1/s1. The zero-order valence-electron chi connectivity index (χ0n) is 10.8. The normalized spacial score (nSPS) is 25.7. The number of rotatable bonds is 3. The van der Waals surface area contributed by atoms with Crippen molar-refractivity contribution >= 4 is 7.12 Å². The van der Waals surface area contributed by atoms with Crippen molar-refractivity contribution in [2.45, 2.75) is 58.6 Å². The molecule has 3 heteroatoms. The Bertz CT molecular complexity index is 230. The topological polar surface area (TPSA) is 18.5 Å². The molecule has 0 aromatic carbocycles. The molecule has 1 saturated heterocycles. The molecule has 1 heterocycles. The fraction of sp³-hybridized carbons (Fsp3) is 0.833. The predicted octanol–water partition coefficient (Wildman–Crippen LogP) is 3.29. The molecule has 1 atom stereocenters. The van der Waals surface area contributed by atoms with Crippen molar-refractivity contribution in [1.29, 1.82) is 0 Å². The second kappa shape index (κ2) is 3.95. The molecule has 15 heavy (non-hydrogen) atoms. The van der Waals surface area contributed by atoms with E-state index in [2.05, 4.69) is 48.1 Å². The van der Waals surface area contributed by atoms with Crippen LogP contribution < -0.4 is 0 Å². The third-order valence-electron chi connectivity index (χ3n) is 3.63. The van der Waals surface area contributed by atoms with E-state index < -0.39 is 0 Å². The fourth-order valence-corrected chi connectivity index (χ4v) is 1.74. The monoisotopic (exact) mass is 210 g/mol. The summed E-state index contributed by atoms with van der Waals surface area (Å²) in [4.78, 5) is 0. The predicted molar refractivity (Wildman–Crippen MR) is 64.9 cm³/mol. The van der Waals surface area contributed by atoms with Gasteiger partial charge in [-0.25, -0.2) is 0 Å². The van der Waals surface area contributed by atoms with Crippen LogP contribution in [0.5, 0.6) is 0 Å². The quantitative estimate of drug-likeness (QED) is 0.525. The highest BCUT2D eigenvalue weighted by Gasteiger charge is 2.53. The van der Waals surface area contributed by atoms with Gasteiger partial charge in [-0.2, -0.15) is 0 Å². The lowest BCUT2D eigenvalue weighted by Crippen LogP contribution is -2.41. The van der Waals surface area contributed by atoms with Crippen LogP contribution in [0.3, 0.4) is 0 Å². The highest BCUT2D eigenvalue weighted by molar-refractivity contribution is 6.48. The minimum atomic E-state index is -0.242. The molecule has 0 unspecified atom stereocenters. The second-order valence-corrected chi connectivity index (χ2v) is 5.68. The van der Waals surface area contributed by atoms with Crippen LogP contribution in [0, 0.1) is 5.92 Å². The Kier molecular flexibility index (Phi) is 3.37. The molecule has 1 aliphatic heterocycles. The second-order valence-electron chi connectivity index (χ2n) is 5.68. The van der Waals surface area contributed by atoms with Gasteiger partial charge in [-0.15, -0.1) is 6.58 Å². The number of hydrogen-bond donors (Lipinski definition) is 0. The van der Waals surface area contributed by atoms with Crippen LogP contribution in [0.1, 0.15) is 41.5 Å². The van der Waals surface area contributed by atoms with Crippen LogP contribution >= 0.6 is 0 Å². The van der Waals surface area contributed by atoms with Crippen molar-refractivity contribution in [3.8, 4) is 0 Å². The summed E-state index contributed by atoms with van der Waals surface area (Å²) < 4.78 is 12.0. The Morgan fingerprint density at radius 1 is 1.07 bits per heavy atom. The van der Waals surface area contributed by atoms with E-state index in [9.17, 15) is 0 Å². The van der Waals surface area contributed by atoms with Gasteiger partial charge in [0.1, 0.15) is 0 Å². The van der Waals surface area contributed by atoms with Gasteiger partial charge in [0.15, 0.2) is 0 Å². The Morgan fingerprint density at radius 2 is 1.47 bits per heavy atom. The van der Waals surface area contributed by atoms with Gasteiger partial charge in [0.05, 0.1) is 11.2 Å². The van der Waals surface area contributed by atoms with Gasteiger partial charge in [0, 0.05) is 5.82 Å². The summed E-state index contributed by atoms with van der Waals surface area (Å²) in [7, 11) is -0.160. The van der Waals surface area contributed by atoms with Gasteiger partial charge in [-0.1, -0.05) is 19.9 Å². The summed E-state index contributed by atoms with van der Waals surface area (Å²) >= 11 is 0. The summed E-state index contributed by atoms with van der Waals surface area (Å²) in [6.07, 6.45) is 1.94. The third-order valence-corrected chi connectivity index (χ3v) is 3.63. The van der Waals surface area contributed by atoms with Crippen LogP contribution in [0.2, 0.25) is 5.82 Å². The lowest BCUT2D eigenvalue weighted by molar-refractivity contribution is 0.00578. The van der Waals surface area contributed by atoms with Crippen molar-refractivity contribution in [3.63, 3.8) is 0 Å². The van der Waals surface area contributed by atoms with Crippen LogP contribution in [0.25, 0.3) is 0 Å². The molecule has 0 N–H and O–H groups in total. The Morgan fingerprint density at radius 3 is 1.73 bits per heavy atom. The molecule has 0 radical (unpaired) electrons. The van der Waals surface area contributed by atoms with Crippen LogP contribution in [-0.4, -0.2) is 18.3 Å². The average molecular weight is 210 g/mol. The molecular formula is C12H23BO2. The molecule has 1 rings (SSSR count). The summed E-state index contributed by atoms with van der Waals surface area (Å²) in [5, 5.41) is 0. The van der Waals surface area contributed by atoms with Crippen molar-refractivity contribution in [3.05, 3.63) is 12.7 Å². The van der Waals surface area contributed by atoms with E-state index in [-0.39, 0.29) is 24.1 Å². The molecule has 1 aliphatic rings. The van der Waals surface area contributed by atoms with Gasteiger partial charge < -0.3 is 9.31 Å². The number of hydrogen-bond acceptors (Lipinski definition) is 2. The maximum Gasteiger partial charge on any atom is 0.465 e. The SMILES string of the molecule is C=C[C@@H](B1OC(C)(C)C(C)(C)O1)C(C)C. The first-order valence-electron chi connectivity index (χ1n) is 5.69. The van der Waals surface area contributed by atoms with E-state index in [1.165, 1.54) is 0 Å². The number of allylic oxidation sites excluding steroid dienone is 1. The van der Waals surface area contributed by atoms with Crippen LogP contribution in [0.4, 0.5) is 0 Å². The molecule has 86 valence electrons. The molecular weight excluding hydrogens is 187 g/mol. The van der Waals surface area contributed by atoms with Gasteiger partial charge in [0.25, 0.3) is 0 Å². The third kappa shape index (κ3) is 2.29. The van der Waals surface area contributed by atoms with Crippen molar-refractivity contribution < 1.29 is 9.31 Å². The summed E-state index contributed by atoms with van der Waals surface area (Å²) in [6.45, 7) is 16.5. The largest absolute Gasteiger partial charge is 0.465 e. The highest BCUT2D eigenvalue weighted by atomic mass is 16.7. The Balaban J connectivity index is 2.82. The lowest BCUT2D eigenvalue weighted by Gasteiger charge is -2.32. The van der Waals surface area contributed by atoms with Gasteiger partial charge in [-0.3, -0.25) is 0 Å². The smallest absolute Gasteiger partial charge is 0.403 e. The van der Waals surface area contributed by atoms with Gasteiger partial charge >= 0.3 is 7.12 Å². The molecule has 0 amide bonds. The first-order valence-corrected chi connectivity index (χ1v) is 5.69. The zero-order valence-corrected chi connectivity index (χ0v) is 10.8. The highest BCUT2D eigenvalue weighted by Crippen LogP contribution is 2.41. The zero-order chi connectivity index (χ0) is 11.9. The Labute approximate surface area is 94.2 Å². The van der Waals surface area contributed by atoms with E-state index in [0.29, 0.717) is 5.92 Å². The minimum Gasteiger partial charge on any atom is -0.403 e. The minimum absolute atomic E-state index is 0.160. The van der Waals surface area contributed by atoms with E-state index in [1.54, 1.807) is 0 Å². The van der Waals surface area contributed by atoms with Gasteiger partial charge in [-0.05, 0) is 33.6 Å². The van der Waals surface area contributed by atoms with Crippen molar-refractivity contribution in [1.82, 2.24) is 0 Å². The van der Waals surface area contributed by atoms with E-state index in [4.69, 9.17) is 9.31 Å². The molecule has 0 aromatic heterocycles. The summed E-state index contributed by atoms with van der Waals surface area (Å²) in [5.41, 5.74) is -0.484. The van der Waals surface area contributed by atoms with Crippen LogP contribution in [-0.2, 0) is 9.31 Å². The Hall–Kier alpha value is -0.275. The molecule has 1 fully saturated rings.